The SMILES string of the molecule is CCCN(CCC)C(=O)CCN(CC1CCCO1)C(=O)c1cc(C)on1. The minimum absolute atomic E-state index is 0.0319. The molecule has 1 aliphatic heterocycles. The standard InChI is InChI=1S/C19H31N3O4/c1-4-9-21(10-5-2)18(23)8-11-22(14-16-7-6-12-25-16)19(24)17-13-15(3)26-20-17/h13,16H,4-12,14H2,1-3H3. The van der Waals surface area contributed by atoms with Crippen molar-refractivity contribution < 1.29 is 18.8 Å². The average molecular weight is 365 g/mol. The molecule has 0 aromatic carbocycles. The molecule has 0 N–H and O–H groups in total. The molecule has 7 nitrogen and oxygen atoms in total. The van der Waals surface area contributed by atoms with Gasteiger partial charge in [0.2, 0.25) is 5.91 Å². The van der Waals surface area contributed by atoms with Gasteiger partial charge in [-0.1, -0.05) is 19.0 Å². The molecule has 0 aliphatic carbocycles. The average Bonchev–Trinajstić information content (AvgIpc) is 3.29. The summed E-state index contributed by atoms with van der Waals surface area (Å²) in [5, 5.41) is 3.83. The molecule has 2 heterocycles. The molecule has 1 saturated heterocycles. The highest BCUT2D eigenvalue weighted by molar-refractivity contribution is 5.92. The number of nitrogens with zero attached hydrogens (tertiary/aromatic N) is 3. The predicted molar refractivity (Wildman–Crippen MR) is 97.9 cm³/mol. The van der Waals surface area contributed by atoms with E-state index in [9.17, 15) is 9.59 Å². The van der Waals surface area contributed by atoms with E-state index in [0.717, 1.165) is 45.4 Å². The van der Waals surface area contributed by atoms with Gasteiger partial charge in [0.1, 0.15) is 5.76 Å². The fraction of sp³-hybridized carbons (Fsp3) is 0.737. The molecule has 1 aromatic heterocycles. The van der Waals surface area contributed by atoms with Crippen LogP contribution in [0.25, 0.3) is 0 Å². The van der Waals surface area contributed by atoms with Gasteiger partial charge in [0, 0.05) is 45.3 Å². The molecular formula is C19H31N3O4. The van der Waals surface area contributed by atoms with Crippen LogP contribution in [0.15, 0.2) is 10.6 Å². The first kappa shape index (κ1) is 20.4. The van der Waals surface area contributed by atoms with Crippen LogP contribution < -0.4 is 0 Å². The third kappa shape index (κ3) is 5.83. The van der Waals surface area contributed by atoms with Gasteiger partial charge in [-0.3, -0.25) is 9.59 Å². The predicted octanol–water partition coefficient (Wildman–Crippen LogP) is 2.64. The molecule has 1 atom stereocenters. The molecule has 1 aromatic rings. The maximum atomic E-state index is 12.8. The number of hydrogen-bond donors (Lipinski definition) is 0. The molecule has 0 radical (unpaired) electrons. The zero-order valence-corrected chi connectivity index (χ0v) is 16.2. The normalized spacial score (nSPS) is 16.7. The minimum atomic E-state index is -0.206. The van der Waals surface area contributed by atoms with E-state index in [1.54, 1.807) is 17.9 Å². The van der Waals surface area contributed by atoms with Crippen molar-refractivity contribution in [1.29, 1.82) is 0 Å². The molecule has 1 unspecified atom stereocenters. The van der Waals surface area contributed by atoms with Gasteiger partial charge in [-0.25, -0.2) is 0 Å². The Morgan fingerprint density at radius 1 is 1.19 bits per heavy atom. The van der Waals surface area contributed by atoms with E-state index in [-0.39, 0.29) is 23.6 Å². The van der Waals surface area contributed by atoms with Gasteiger partial charge >= 0.3 is 0 Å². The molecular weight excluding hydrogens is 334 g/mol. The first-order chi connectivity index (χ1) is 12.5. The van der Waals surface area contributed by atoms with Crippen LogP contribution in [0.4, 0.5) is 0 Å². The Morgan fingerprint density at radius 3 is 2.46 bits per heavy atom. The van der Waals surface area contributed by atoms with E-state index < -0.39 is 0 Å². The molecule has 2 rings (SSSR count). The van der Waals surface area contributed by atoms with Crippen LogP contribution in [0.3, 0.4) is 0 Å². The van der Waals surface area contributed by atoms with Gasteiger partial charge in [0.05, 0.1) is 6.10 Å². The number of hydrogen-bond acceptors (Lipinski definition) is 5. The van der Waals surface area contributed by atoms with E-state index in [0.29, 0.717) is 25.3 Å². The molecule has 26 heavy (non-hydrogen) atoms. The van der Waals surface area contributed by atoms with E-state index in [2.05, 4.69) is 19.0 Å². The van der Waals surface area contributed by atoms with Crippen molar-refractivity contribution >= 4 is 11.8 Å². The zero-order valence-electron chi connectivity index (χ0n) is 16.2. The first-order valence-corrected chi connectivity index (χ1v) is 9.67. The summed E-state index contributed by atoms with van der Waals surface area (Å²) in [7, 11) is 0. The van der Waals surface area contributed by atoms with Crippen molar-refractivity contribution in [3.63, 3.8) is 0 Å². The number of rotatable bonds is 10. The van der Waals surface area contributed by atoms with Crippen LogP contribution >= 0.6 is 0 Å². The fourth-order valence-corrected chi connectivity index (χ4v) is 3.23. The number of aryl methyl sites for hydroxylation is 1. The highest BCUT2D eigenvalue weighted by Crippen LogP contribution is 2.16. The Labute approximate surface area is 155 Å². The van der Waals surface area contributed by atoms with E-state index in [1.807, 2.05) is 4.90 Å². The number of aromatic nitrogens is 1. The molecule has 0 bridgehead atoms. The summed E-state index contributed by atoms with van der Waals surface area (Å²) < 4.78 is 10.7. The van der Waals surface area contributed by atoms with E-state index in [1.165, 1.54) is 0 Å². The Kier molecular flexibility index (Phi) is 8.09. The lowest BCUT2D eigenvalue weighted by molar-refractivity contribution is -0.131. The summed E-state index contributed by atoms with van der Waals surface area (Å²) in [4.78, 5) is 28.9. The van der Waals surface area contributed by atoms with Crippen LogP contribution in [-0.2, 0) is 9.53 Å². The Balaban J connectivity index is 2.00. The second-order valence-electron chi connectivity index (χ2n) is 6.84. The van der Waals surface area contributed by atoms with Gasteiger partial charge in [-0.05, 0) is 32.6 Å². The number of amides is 2. The molecule has 1 fully saturated rings. The number of carbonyl (C=O) groups is 2. The third-order valence-corrected chi connectivity index (χ3v) is 4.52. The van der Waals surface area contributed by atoms with Crippen molar-refractivity contribution in [3.8, 4) is 0 Å². The van der Waals surface area contributed by atoms with Crippen molar-refractivity contribution in [2.24, 2.45) is 0 Å². The highest BCUT2D eigenvalue weighted by atomic mass is 16.5. The fourth-order valence-electron chi connectivity index (χ4n) is 3.23. The third-order valence-electron chi connectivity index (χ3n) is 4.52. The Bertz CT molecular complexity index is 575. The molecule has 1 aliphatic rings. The van der Waals surface area contributed by atoms with Crippen molar-refractivity contribution in [2.75, 3.05) is 32.8 Å². The molecule has 7 heteroatoms. The second kappa shape index (κ2) is 10.3. The van der Waals surface area contributed by atoms with Gasteiger partial charge in [-0.15, -0.1) is 0 Å². The van der Waals surface area contributed by atoms with Crippen LogP contribution in [0.5, 0.6) is 0 Å². The van der Waals surface area contributed by atoms with Crippen LogP contribution in [-0.4, -0.2) is 65.7 Å². The minimum Gasteiger partial charge on any atom is -0.376 e. The smallest absolute Gasteiger partial charge is 0.276 e. The molecule has 0 spiro atoms. The van der Waals surface area contributed by atoms with Gasteiger partial charge in [0.25, 0.3) is 5.91 Å². The lowest BCUT2D eigenvalue weighted by Crippen LogP contribution is -2.41. The van der Waals surface area contributed by atoms with Crippen LogP contribution in [0.1, 0.15) is 62.2 Å². The highest BCUT2D eigenvalue weighted by Gasteiger charge is 2.26. The van der Waals surface area contributed by atoms with E-state index >= 15 is 0 Å². The maximum Gasteiger partial charge on any atom is 0.276 e. The van der Waals surface area contributed by atoms with E-state index in [4.69, 9.17) is 9.26 Å². The van der Waals surface area contributed by atoms with Crippen LogP contribution in [0, 0.1) is 6.92 Å². The van der Waals surface area contributed by atoms with Crippen molar-refractivity contribution in [3.05, 3.63) is 17.5 Å². The monoisotopic (exact) mass is 365 g/mol. The summed E-state index contributed by atoms with van der Waals surface area (Å²) in [6.45, 7) is 8.99. The van der Waals surface area contributed by atoms with Crippen molar-refractivity contribution in [1.82, 2.24) is 15.0 Å². The lowest BCUT2D eigenvalue weighted by atomic mass is 10.2. The molecule has 146 valence electrons. The maximum absolute atomic E-state index is 12.8. The summed E-state index contributed by atoms with van der Waals surface area (Å²) in [5.74, 6) is 0.483. The molecule has 0 saturated carbocycles. The van der Waals surface area contributed by atoms with Crippen LogP contribution in [0.2, 0.25) is 0 Å². The van der Waals surface area contributed by atoms with Gasteiger partial charge in [-0.2, -0.15) is 0 Å². The quantitative estimate of drug-likeness (QED) is 0.637. The first-order valence-electron chi connectivity index (χ1n) is 9.67. The van der Waals surface area contributed by atoms with Crippen molar-refractivity contribution in [2.45, 2.75) is 59.0 Å². The molecule has 2 amide bonds. The second-order valence-corrected chi connectivity index (χ2v) is 6.84. The number of carbonyl (C=O) groups excluding carboxylic acids is 2. The Hall–Kier alpha value is -1.89. The summed E-state index contributed by atoms with van der Waals surface area (Å²) in [5.41, 5.74) is 0.284. The number of ether oxygens (including phenoxy) is 1. The van der Waals surface area contributed by atoms with Gasteiger partial charge in [0.15, 0.2) is 5.69 Å². The summed E-state index contributed by atoms with van der Waals surface area (Å²) >= 11 is 0. The lowest BCUT2D eigenvalue weighted by Gasteiger charge is -2.26. The largest absolute Gasteiger partial charge is 0.376 e. The van der Waals surface area contributed by atoms with Gasteiger partial charge < -0.3 is 19.1 Å². The topological polar surface area (TPSA) is 75.9 Å². The summed E-state index contributed by atoms with van der Waals surface area (Å²) in [6.07, 6.45) is 4.16. The zero-order chi connectivity index (χ0) is 18.9. The summed E-state index contributed by atoms with van der Waals surface area (Å²) in [6, 6.07) is 1.63. The Morgan fingerprint density at radius 2 is 1.92 bits per heavy atom.